The summed E-state index contributed by atoms with van der Waals surface area (Å²) < 4.78 is 0. The average molecular weight is 256 g/mol. The Morgan fingerprint density at radius 3 is 2.82 bits per heavy atom. The molecule has 1 aliphatic rings. The van der Waals surface area contributed by atoms with Gasteiger partial charge in [0.2, 0.25) is 0 Å². The predicted octanol–water partition coefficient (Wildman–Crippen LogP) is 2.58. The molecule has 1 heterocycles. The number of nitrogens with zero attached hydrogens (tertiary/aromatic N) is 2. The molecule has 1 N–H and O–H groups in total. The molecule has 0 bridgehead atoms. The van der Waals surface area contributed by atoms with Gasteiger partial charge in [-0.05, 0) is 19.8 Å². The molecule has 0 aromatic carbocycles. The van der Waals surface area contributed by atoms with Gasteiger partial charge in [0.05, 0.1) is 6.33 Å². The Morgan fingerprint density at radius 2 is 2.18 bits per heavy atom. The van der Waals surface area contributed by atoms with Crippen molar-refractivity contribution < 1.29 is 0 Å². The molecule has 5 heteroatoms. The maximum absolute atomic E-state index is 11.5. The van der Waals surface area contributed by atoms with Crippen LogP contribution in [0.25, 0.3) is 0 Å². The van der Waals surface area contributed by atoms with E-state index < -0.39 is 0 Å². The fraction of sp³-hybridized carbons (Fsp3) is 0.667. The Morgan fingerprint density at radius 1 is 1.47 bits per heavy atom. The van der Waals surface area contributed by atoms with Gasteiger partial charge in [-0.25, -0.2) is 4.98 Å². The fourth-order valence-electron chi connectivity index (χ4n) is 2.55. The zero-order valence-corrected chi connectivity index (χ0v) is 10.8. The molecule has 0 atom stereocenters. The van der Waals surface area contributed by atoms with Crippen molar-refractivity contribution in [3.05, 3.63) is 21.7 Å². The first kappa shape index (κ1) is 12.4. The van der Waals surface area contributed by atoms with E-state index in [0.717, 1.165) is 6.54 Å². The first-order chi connectivity index (χ1) is 8.24. The van der Waals surface area contributed by atoms with Gasteiger partial charge in [-0.3, -0.25) is 4.79 Å². The Balaban J connectivity index is 2.27. The van der Waals surface area contributed by atoms with Crippen LogP contribution in [0.2, 0.25) is 5.02 Å². The van der Waals surface area contributed by atoms with Crippen molar-refractivity contribution in [1.82, 2.24) is 9.97 Å². The lowest BCUT2D eigenvalue weighted by Crippen LogP contribution is -2.38. The lowest BCUT2D eigenvalue weighted by Gasteiger charge is -2.34. The van der Waals surface area contributed by atoms with E-state index in [-0.39, 0.29) is 10.6 Å². The molecular formula is C12H18ClN3O. The standard InChI is InChI=1S/C12H18ClN3O/c1-2-16(9-6-4-3-5-7-9)11-10(13)12(17)15-8-14-11/h8-9H,2-7H2,1H3,(H,14,15,17). The van der Waals surface area contributed by atoms with Crippen LogP contribution in [0.5, 0.6) is 0 Å². The van der Waals surface area contributed by atoms with Crippen LogP contribution in [0, 0.1) is 0 Å². The maximum atomic E-state index is 11.5. The molecule has 1 saturated carbocycles. The van der Waals surface area contributed by atoms with Crippen molar-refractivity contribution in [2.75, 3.05) is 11.4 Å². The van der Waals surface area contributed by atoms with Crippen molar-refractivity contribution >= 4 is 17.4 Å². The highest BCUT2D eigenvalue weighted by Gasteiger charge is 2.23. The number of aromatic nitrogens is 2. The zero-order chi connectivity index (χ0) is 12.3. The van der Waals surface area contributed by atoms with E-state index in [0.29, 0.717) is 11.9 Å². The number of nitrogens with one attached hydrogen (secondary N) is 1. The highest BCUT2D eigenvalue weighted by molar-refractivity contribution is 6.32. The van der Waals surface area contributed by atoms with Crippen LogP contribution in [0.3, 0.4) is 0 Å². The molecule has 1 aromatic rings. The summed E-state index contributed by atoms with van der Waals surface area (Å²) >= 11 is 6.04. The molecule has 0 unspecified atom stereocenters. The lowest BCUT2D eigenvalue weighted by molar-refractivity contribution is 0.416. The zero-order valence-electron chi connectivity index (χ0n) is 10.1. The van der Waals surface area contributed by atoms with Crippen molar-refractivity contribution in [1.29, 1.82) is 0 Å². The minimum absolute atomic E-state index is 0.208. The monoisotopic (exact) mass is 255 g/mol. The van der Waals surface area contributed by atoms with Gasteiger partial charge >= 0.3 is 0 Å². The van der Waals surface area contributed by atoms with E-state index in [1.54, 1.807) is 0 Å². The van der Waals surface area contributed by atoms with Crippen LogP contribution in [-0.2, 0) is 0 Å². The van der Waals surface area contributed by atoms with Crippen LogP contribution >= 0.6 is 11.6 Å². The normalized spacial score (nSPS) is 17.1. The average Bonchev–Trinajstić information content (AvgIpc) is 2.37. The molecule has 1 aromatic heterocycles. The summed E-state index contributed by atoms with van der Waals surface area (Å²) in [5, 5.41) is 0.208. The second-order valence-electron chi connectivity index (χ2n) is 4.45. The summed E-state index contributed by atoms with van der Waals surface area (Å²) in [4.78, 5) is 20.4. The molecule has 4 nitrogen and oxygen atoms in total. The molecule has 0 saturated heterocycles. The number of hydrogen-bond donors (Lipinski definition) is 1. The summed E-state index contributed by atoms with van der Waals surface area (Å²) in [5.74, 6) is 0.629. The van der Waals surface area contributed by atoms with Gasteiger partial charge in [-0.2, -0.15) is 0 Å². The Bertz CT molecular complexity index is 426. The number of rotatable bonds is 3. The van der Waals surface area contributed by atoms with Gasteiger partial charge in [0.1, 0.15) is 5.02 Å². The van der Waals surface area contributed by atoms with Gasteiger partial charge in [0.15, 0.2) is 5.82 Å². The highest BCUT2D eigenvalue weighted by atomic mass is 35.5. The van der Waals surface area contributed by atoms with E-state index in [1.165, 1.54) is 38.4 Å². The first-order valence-electron chi connectivity index (χ1n) is 6.24. The molecule has 0 aliphatic heterocycles. The summed E-state index contributed by atoms with van der Waals surface area (Å²) in [7, 11) is 0. The van der Waals surface area contributed by atoms with Crippen LogP contribution in [0.1, 0.15) is 39.0 Å². The molecule has 17 heavy (non-hydrogen) atoms. The smallest absolute Gasteiger partial charge is 0.271 e. The third-order valence-electron chi connectivity index (χ3n) is 3.41. The SMILES string of the molecule is CCN(c1nc[nH]c(=O)c1Cl)C1CCCCC1. The third-order valence-corrected chi connectivity index (χ3v) is 3.75. The van der Waals surface area contributed by atoms with E-state index in [1.807, 2.05) is 0 Å². The van der Waals surface area contributed by atoms with Gasteiger partial charge in [-0.1, -0.05) is 30.9 Å². The van der Waals surface area contributed by atoms with E-state index >= 15 is 0 Å². The topological polar surface area (TPSA) is 49.0 Å². The molecule has 1 aliphatic carbocycles. The third kappa shape index (κ3) is 2.63. The molecule has 1 fully saturated rings. The van der Waals surface area contributed by atoms with Crippen molar-refractivity contribution in [2.45, 2.75) is 45.1 Å². The summed E-state index contributed by atoms with van der Waals surface area (Å²) in [6.45, 7) is 2.91. The number of hydrogen-bond acceptors (Lipinski definition) is 3. The number of aromatic amines is 1. The Kier molecular flexibility index (Phi) is 4.05. The fourth-order valence-corrected chi connectivity index (χ4v) is 2.76. The Hall–Kier alpha value is -1.03. The van der Waals surface area contributed by atoms with Crippen LogP contribution < -0.4 is 10.5 Å². The second kappa shape index (κ2) is 5.54. The van der Waals surface area contributed by atoms with Gasteiger partial charge < -0.3 is 9.88 Å². The minimum atomic E-state index is -0.258. The maximum Gasteiger partial charge on any atom is 0.271 e. The largest absolute Gasteiger partial charge is 0.352 e. The second-order valence-corrected chi connectivity index (χ2v) is 4.83. The number of H-pyrrole nitrogens is 1. The van der Waals surface area contributed by atoms with Crippen molar-refractivity contribution in [3.63, 3.8) is 0 Å². The van der Waals surface area contributed by atoms with Crippen LogP contribution in [0.4, 0.5) is 5.82 Å². The van der Waals surface area contributed by atoms with Gasteiger partial charge in [0.25, 0.3) is 5.56 Å². The molecule has 0 spiro atoms. The molecule has 2 rings (SSSR count). The van der Waals surface area contributed by atoms with Crippen molar-refractivity contribution in [2.24, 2.45) is 0 Å². The Labute approximate surface area is 106 Å². The number of halogens is 1. The van der Waals surface area contributed by atoms with Crippen molar-refractivity contribution in [3.8, 4) is 0 Å². The first-order valence-corrected chi connectivity index (χ1v) is 6.61. The highest BCUT2D eigenvalue weighted by Crippen LogP contribution is 2.28. The van der Waals surface area contributed by atoms with Gasteiger partial charge in [0, 0.05) is 12.6 Å². The molecular weight excluding hydrogens is 238 g/mol. The number of anilines is 1. The summed E-state index contributed by atoms with van der Waals surface area (Å²) in [6.07, 6.45) is 7.57. The van der Waals surface area contributed by atoms with E-state index in [4.69, 9.17) is 11.6 Å². The minimum Gasteiger partial charge on any atom is -0.352 e. The van der Waals surface area contributed by atoms with Gasteiger partial charge in [-0.15, -0.1) is 0 Å². The summed E-state index contributed by atoms with van der Waals surface area (Å²) in [6, 6.07) is 0.473. The van der Waals surface area contributed by atoms with E-state index in [9.17, 15) is 4.79 Å². The predicted molar refractivity (Wildman–Crippen MR) is 69.8 cm³/mol. The van der Waals surface area contributed by atoms with Crippen LogP contribution in [0.15, 0.2) is 11.1 Å². The quantitative estimate of drug-likeness (QED) is 0.903. The van der Waals surface area contributed by atoms with E-state index in [2.05, 4.69) is 21.8 Å². The molecule has 94 valence electrons. The summed E-state index contributed by atoms with van der Waals surface area (Å²) in [5.41, 5.74) is -0.258. The lowest BCUT2D eigenvalue weighted by atomic mass is 9.94. The molecule has 0 amide bonds. The van der Waals surface area contributed by atoms with Crippen LogP contribution in [-0.4, -0.2) is 22.6 Å². The molecule has 0 radical (unpaired) electrons.